The van der Waals surface area contributed by atoms with Crippen molar-refractivity contribution >= 4 is 23.6 Å². The highest BCUT2D eigenvalue weighted by atomic mass is 16.6. The zero-order chi connectivity index (χ0) is 24.6. The molecule has 2 fully saturated rings. The summed E-state index contributed by atoms with van der Waals surface area (Å²) in [5, 5.41) is 6.50. The summed E-state index contributed by atoms with van der Waals surface area (Å²) in [7, 11) is 0. The average molecular weight is 475 g/mol. The zero-order valence-corrected chi connectivity index (χ0v) is 21.3. The SMILES string of the molecule is CCCNc1cc(N2CCCC(CCC(=O)NC3CCN(C(=O)OC(C)(C)C)CC3)C2)ncn1. The maximum Gasteiger partial charge on any atom is 0.410 e. The third-order valence-corrected chi connectivity index (χ3v) is 6.34. The van der Waals surface area contributed by atoms with Gasteiger partial charge in [0.05, 0.1) is 0 Å². The van der Waals surface area contributed by atoms with Crippen LogP contribution in [0.15, 0.2) is 12.4 Å². The van der Waals surface area contributed by atoms with E-state index in [-0.39, 0.29) is 18.0 Å². The Bertz CT molecular complexity index is 804. The van der Waals surface area contributed by atoms with E-state index < -0.39 is 5.60 Å². The summed E-state index contributed by atoms with van der Waals surface area (Å²) < 4.78 is 5.45. The average Bonchev–Trinajstić information content (AvgIpc) is 2.81. The Morgan fingerprint density at radius 1 is 1.15 bits per heavy atom. The first kappa shape index (κ1) is 26.0. The summed E-state index contributed by atoms with van der Waals surface area (Å²) in [6.07, 6.45) is 7.61. The summed E-state index contributed by atoms with van der Waals surface area (Å²) >= 11 is 0. The zero-order valence-electron chi connectivity index (χ0n) is 21.3. The van der Waals surface area contributed by atoms with Crippen molar-refractivity contribution in [2.75, 3.05) is 42.9 Å². The third-order valence-electron chi connectivity index (χ3n) is 6.34. The maximum atomic E-state index is 12.6. The van der Waals surface area contributed by atoms with Crippen molar-refractivity contribution in [3.8, 4) is 0 Å². The number of piperidine rings is 2. The molecule has 2 aliphatic rings. The lowest BCUT2D eigenvalue weighted by Crippen LogP contribution is -2.47. The number of likely N-dealkylation sites (tertiary alicyclic amines) is 1. The third kappa shape index (κ3) is 8.33. The van der Waals surface area contributed by atoms with Gasteiger partial charge < -0.3 is 25.2 Å². The fourth-order valence-corrected chi connectivity index (χ4v) is 4.55. The summed E-state index contributed by atoms with van der Waals surface area (Å²) in [6, 6.07) is 2.15. The number of hydrogen-bond acceptors (Lipinski definition) is 7. The minimum Gasteiger partial charge on any atom is -0.444 e. The van der Waals surface area contributed by atoms with Gasteiger partial charge in [0.1, 0.15) is 23.6 Å². The van der Waals surface area contributed by atoms with Gasteiger partial charge in [0.25, 0.3) is 0 Å². The van der Waals surface area contributed by atoms with Gasteiger partial charge in [-0.05, 0) is 65.2 Å². The first-order chi connectivity index (χ1) is 16.2. The van der Waals surface area contributed by atoms with Crippen LogP contribution in [0.1, 0.15) is 72.6 Å². The van der Waals surface area contributed by atoms with Gasteiger partial charge in [0.15, 0.2) is 0 Å². The Hall–Kier alpha value is -2.58. The van der Waals surface area contributed by atoms with E-state index in [0.29, 0.717) is 25.4 Å². The van der Waals surface area contributed by atoms with Gasteiger partial charge in [-0.15, -0.1) is 0 Å². The van der Waals surface area contributed by atoms with E-state index in [1.54, 1.807) is 11.2 Å². The fraction of sp³-hybridized carbons (Fsp3) is 0.760. The molecule has 34 heavy (non-hydrogen) atoms. The van der Waals surface area contributed by atoms with Crippen LogP contribution in [0.5, 0.6) is 0 Å². The van der Waals surface area contributed by atoms with Gasteiger partial charge in [-0.1, -0.05) is 6.92 Å². The highest BCUT2D eigenvalue weighted by Gasteiger charge is 2.28. The van der Waals surface area contributed by atoms with Crippen LogP contribution in [-0.2, 0) is 9.53 Å². The lowest BCUT2D eigenvalue weighted by molar-refractivity contribution is -0.122. The summed E-state index contributed by atoms with van der Waals surface area (Å²) in [5.74, 6) is 2.42. The Kier molecular flexibility index (Phi) is 9.36. The Morgan fingerprint density at radius 2 is 1.91 bits per heavy atom. The van der Waals surface area contributed by atoms with Crippen molar-refractivity contribution in [1.29, 1.82) is 0 Å². The van der Waals surface area contributed by atoms with Gasteiger partial charge in [-0.25, -0.2) is 14.8 Å². The van der Waals surface area contributed by atoms with Crippen molar-refractivity contribution in [3.63, 3.8) is 0 Å². The molecular weight excluding hydrogens is 432 g/mol. The van der Waals surface area contributed by atoms with Crippen molar-refractivity contribution < 1.29 is 14.3 Å². The molecule has 0 radical (unpaired) electrons. The second kappa shape index (κ2) is 12.2. The fourth-order valence-electron chi connectivity index (χ4n) is 4.55. The lowest BCUT2D eigenvalue weighted by atomic mass is 9.93. The van der Waals surface area contributed by atoms with E-state index in [9.17, 15) is 9.59 Å². The number of amides is 2. The molecule has 0 spiro atoms. The molecular formula is C25H42N6O3. The number of carbonyl (C=O) groups is 2. The van der Waals surface area contributed by atoms with Gasteiger partial charge in [-0.2, -0.15) is 0 Å². The standard InChI is InChI=1S/C25H42N6O3/c1-5-12-26-21-16-22(28-18-27-21)31-13-6-7-19(17-31)8-9-23(32)29-20-10-14-30(15-11-20)24(33)34-25(2,3)4/h16,18-20H,5-15,17H2,1-4H3,(H,29,32)(H,26,27,28). The van der Waals surface area contributed by atoms with Gasteiger partial charge >= 0.3 is 6.09 Å². The molecule has 2 N–H and O–H groups in total. The minimum atomic E-state index is -0.488. The van der Waals surface area contributed by atoms with E-state index >= 15 is 0 Å². The van der Waals surface area contributed by atoms with Crippen LogP contribution in [0.25, 0.3) is 0 Å². The van der Waals surface area contributed by atoms with Crippen molar-refractivity contribution in [2.24, 2.45) is 5.92 Å². The van der Waals surface area contributed by atoms with Crippen LogP contribution in [-0.4, -0.2) is 71.2 Å². The van der Waals surface area contributed by atoms with E-state index in [1.165, 1.54) is 0 Å². The minimum absolute atomic E-state index is 0.112. The van der Waals surface area contributed by atoms with Crippen molar-refractivity contribution in [1.82, 2.24) is 20.2 Å². The van der Waals surface area contributed by atoms with Crippen molar-refractivity contribution in [3.05, 3.63) is 12.4 Å². The number of hydrogen-bond donors (Lipinski definition) is 2. The lowest BCUT2D eigenvalue weighted by Gasteiger charge is -2.34. The summed E-state index contributed by atoms with van der Waals surface area (Å²) in [5.41, 5.74) is -0.488. The first-order valence-electron chi connectivity index (χ1n) is 12.8. The predicted octanol–water partition coefficient (Wildman–Crippen LogP) is 3.81. The monoisotopic (exact) mass is 474 g/mol. The number of nitrogens with zero attached hydrogens (tertiary/aromatic N) is 4. The van der Waals surface area contributed by atoms with E-state index in [0.717, 1.165) is 69.8 Å². The number of nitrogens with one attached hydrogen (secondary N) is 2. The number of anilines is 2. The first-order valence-corrected chi connectivity index (χ1v) is 12.8. The quantitative estimate of drug-likeness (QED) is 0.591. The second-order valence-corrected chi connectivity index (χ2v) is 10.5. The van der Waals surface area contributed by atoms with Crippen LogP contribution in [0, 0.1) is 5.92 Å². The molecule has 9 nitrogen and oxygen atoms in total. The number of rotatable bonds is 8. The molecule has 2 amide bonds. The highest BCUT2D eigenvalue weighted by Crippen LogP contribution is 2.25. The molecule has 9 heteroatoms. The molecule has 1 unspecified atom stereocenters. The number of carbonyl (C=O) groups excluding carboxylic acids is 2. The normalized spacial score (nSPS) is 19.6. The summed E-state index contributed by atoms with van der Waals surface area (Å²) in [4.78, 5) is 37.6. The van der Waals surface area contributed by atoms with Crippen LogP contribution >= 0.6 is 0 Å². The van der Waals surface area contributed by atoms with E-state index in [1.807, 2.05) is 26.8 Å². The topological polar surface area (TPSA) is 99.7 Å². The van der Waals surface area contributed by atoms with Gasteiger partial charge in [-0.3, -0.25) is 4.79 Å². The van der Waals surface area contributed by atoms with Crippen LogP contribution in [0.2, 0.25) is 0 Å². The van der Waals surface area contributed by atoms with Crippen LogP contribution < -0.4 is 15.5 Å². The maximum absolute atomic E-state index is 12.6. The Morgan fingerprint density at radius 3 is 2.62 bits per heavy atom. The molecule has 1 atom stereocenters. The Balaban J connectivity index is 1.38. The number of ether oxygens (including phenoxy) is 1. The smallest absolute Gasteiger partial charge is 0.410 e. The number of aromatic nitrogens is 2. The molecule has 0 saturated carbocycles. The second-order valence-electron chi connectivity index (χ2n) is 10.5. The molecule has 0 aliphatic carbocycles. The molecule has 190 valence electrons. The molecule has 0 bridgehead atoms. The van der Waals surface area contributed by atoms with Crippen LogP contribution in [0.3, 0.4) is 0 Å². The molecule has 3 rings (SSSR count). The highest BCUT2D eigenvalue weighted by molar-refractivity contribution is 5.76. The van der Waals surface area contributed by atoms with Gasteiger partial charge in [0.2, 0.25) is 5.91 Å². The van der Waals surface area contributed by atoms with Gasteiger partial charge in [0, 0.05) is 51.3 Å². The predicted molar refractivity (Wildman–Crippen MR) is 134 cm³/mol. The van der Waals surface area contributed by atoms with E-state index in [2.05, 4.69) is 32.4 Å². The molecule has 1 aromatic rings. The van der Waals surface area contributed by atoms with Crippen molar-refractivity contribution in [2.45, 2.75) is 84.3 Å². The molecule has 3 heterocycles. The summed E-state index contributed by atoms with van der Waals surface area (Å²) in [6.45, 7) is 11.8. The molecule has 2 saturated heterocycles. The molecule has 1 aromatic heterocycles. The Labute approximate surface area is 204 Å². The molecule has 0 aromatic carbocycles. The molecule has 2 aliphatic heterocycles. The van der Waals surface area contributed by atoms with E-state index in [4.69, 9.17) is 4.74 Å². The van der Waals surface area contributed by atoms with Crippen LogP contribution in [0.4, 0.5) is 16.4 Å². The largest absolute Gasteiger partial charge is 0.444 e.